The Morgan fingerprint density at radius 2 is 2.33 bits per heavy atom. The summed E-state index contributed by atoms with van der Waals surface area (Å²) in [5, 5.41) is 10.2. The molecule has 0 bridgehead atoms. The molecule has 98 valence electrons. The average Bonchev–Trinajstić information content (AvgIpc) is 2.94. The van der Waals surface area contributed by atoms with Crippen molar-refractivity contribution in [1.82, 2.24) is 20.4 Å². The summed E-state index contributed by atoms with van der Waals surface area (Å²) in [6.45, 7) is 2.04. The molecule has 2 amide bonds. The van der Waals surface area contributed by atoms with Crippen molar-refractivity contribution in [3.05, 3.63) is 9.47 Å². The lowest BCUT2D eigenvalue weighted by atomic mass is 10.4. The van der Waals surface area contributed by atoms with Crippen LogP contribution in [-0.2, 0) is 4.79 Å². The molecule has 0 aromatic carbocycles. The van der Waals surface area contributed by atoms with Gasteiger partial charge < -0.3 is 10.2 Å². The van der Waals surface area contributed by atoms with Gasteiger partial charge >= 0.3 is 0 Å². The van der Waals surface area contributed by atoms with E-state index in [1.807, 2.05) is 4.90 Å². The van der Waals surface area contributed by atoms with Crippen LogP contribution in [0.3, 0.4) is 0 Å². The molecule has 0 radical (unpaired) electrons. The van der Waals surface area contributed by atoms with Crippen molar-refractivity contribution < 1.29 is 9.59 Å². The largest absolute Gasteiger partial charge is 0.350 e. The molecule has 1 aliphatic rings. The fourth-order valence-corrected chi connectivity index (χ4v) is 2.53. The van der Waals surface area contributed by atoms with Crippen LogP contribution in [0.5, 0.6) is 0 Å². The van der Waals surface area contributed by atoms with Gasteiger partial charge in [-0.15, -0.1) is 10.2 Å². The van der Waals surface area contributed by atoms with Crippen LogP contribution in [0.4, 0.5) is 0 Å². The van der Waals surface area contributed by atoms with Gasteiger partial charge in [0.1, 0.15) is 0 Å². The number of nitrogens with one attached hydrogen (secondary N) is 1. The Morgan fingerprint density at radius 3 is 2.94 bits per heavy atom. The Labute approximate surface area is 113 Å². The smallest absolute Gasteiger partial charge is 0.282 e. The van der Waals surface area contributed by atoms with Crippen molar-refractivity contribution in [3.63, 3.8) is 0 Å². The minimum atomic E-state index is -0.271. The monoisotopic (exact) mass is 288 g/mol. The highest BCUT2D eigenvalue weighted by molar-refractivity contribution is 7.17. The molecule has 1 aromatic rings. The SMILES string of the molecule is O=C(NCCCN1CCCC1=O)c1nnc(Cl)s1. The molecular weight excluding hydrogens is 276 g/mol. The number of carbonyl (C=O) groups excluding carboxylic acids is 2. The van der Waals surface area contributed by atoms with Crippen LogP contribution >= 0.6 is 22.9 Å². The highest BCUT2D eigenvalue weighted by atomic mass is 35.5. The zero-order chi connectivity index (χ0) is 13.0. The summed E-state index contributed by atoms with van der Waals surface area (Å²) in [6.07, 6.45) is 2.33. The molecule has 1 aromatic heterocycles. The Bertz CT molecular complexity index is 451. The van der Waals surface area contributed by atoms with Gasteiger partial charge in [0, 0.05) is 26.1 Å². The summed E-state index contributed by atoms with van der Waals surface area (Å²) < 4.78 is 0.253. The Morgan fingerprint density at radius 1 is 1.50 bits per heavy atom. The average molecular weight is 289 g/mol. The first-order chi connectivity index (χ1) is 8.66. The van der Waals surface area contributed by atoms with Crippen molar-refractivity contribution in [2.45, 2.75) is 19.3 Å². The molecule has 2 rings (SSSR count). The minimum absolute atomic E-state index is 0.206. The Balaban J connectivity index is 1.66. The molecule has 1 aliphatic heterocycles. The molecule has 0 atom stereocenters. The van der Waals surface area contributed by atoms with E-state index >= 15 is 0 Å². The van der Waals surface area contributed by atoms with Gasteiger partial charge in [0.25, 0.3) is 5.91 Å². The van der Waals surface area contributed by atoms with E-state index in [-0.39, 0.29) is 21.3 Å². The molecule has 6 nitrogen and oxygen atoms in total. The molecule has 1 saturated heterocycles. The standard InChI is InChI=1S/C10H13ClN4O2S/c11-10-14-13-9(18-10)8(17)12-4-2-6-15-5-1-3-7(15)16/h1-6H2,(H,12,17). The third-order valence-electron chi connectivity index (χ3n) is 2.66. The molecule has 8 heteroatoms. The molecule has 2 heterocycles. The van der Waals surface area contributed by atoms with E-state index in [9.17, 15) is 9.59 Å². The van der Waals surface area contributed by atoms with Crippen molar-refractivity contribution in [2.75, 3.05) is 19.6 Å². The number of nitrogens with zero attached hydrogens (tertiary/aromatic N) is 3. The van der Waals surface area contributed by atoms with Gasteiger partial charge in [-0.25, -0.2) is 0 Å². The minimum Gasteiger partial charge on any atom is -0.350 e. The van der Waals surface area contributed by atoms with Crippen LogP contribution in [0.25, 0.3) is 0 Å². The van der Waals surface area contributed by atoms with Gasteiger partial charge in [-0.2, -0.15) is 0 Å². The topological polar surface area (TPSA) is 75.2 Å². The zero-order valence-electron chi connectivity index (χ0n) is 9.69. The first kappa shape index (κ1) is 13.2. The van der Waals surface area contributed by atoms with Crippen molar-refractivity contribution in [2.24, 2.45) is 0 Å². The number of likely N-dealkylation sites (tertiary alicyclic amines) is 1. The number of rotatable bonds is 5. The fraction of sp³-hybridized carbons (Fsp3) is 0.600. The van der Waals surface area contributed by atoms with E-state index in [4.69, 9.17) is 11.6 Å². The fourth-order valence-electron chi connectivity index (χ4n) is 1.78. The summed E-state index contributed by atoms with van der Waals surface area (Å²) in [4.78, 5) is 24.7. The first-order valence-electron chi connectivity index (χ1n) is 5.72. The van der Waals surface area contributed by atoms with Crippen LogP contribution in [-0.4, -0.2) is 46.5 Å². The van der Waals surface area contributed by atoms with Crippen LogP contribution < -0.4 is 5.32 Å². The maximum Gasteiger partial charge on any atom is 0.282 e. The Kier molecular flexibility index (Phi) is 4.48. The molecule has 18 heavy (non-hydrogen) atoms. The van der Waals surface area contributed by atoms with Crippen LogP contribution in [0, 0.1) is 0 Å². The van der Waals surface area contributed by atoms with E-state index in [0.29, 0.717) is 19.5 Å². The highest BCUT2D eigenvalue weighted by Gasteiger charge is 2.19. The van der Waals surface area contributed by atoms with Crippen LogP contribution in [0.2, 0.25) is 4.47 Å². The molecule has 0 unspecified atom stereocenters. The van der Waals surface area contributed by atoms with Crippen LogP contribution in [0.15, 0.2) is 0 Å². The molecular formula is C10H13ClN4O2S. The predicted octanol–water partition coefficient (Wildman–Crippen LogP) is 0.934. The van der Waals surface area contributed by atoms with E-state index in [0.717, 1.165) is 30.7 Å². The maximum absolute atomic E-state index is 11.6. The third kappa shape index (κ3) is 3.39. The first-order valence-corrected chi connectivity index (χ1v) is 6.91. The molecule has 1 fully saturated rings. The van der Waals surface area contributed by atoms with Gasteiger partial charge in [-0.3, -0.25) is 9.59 Å². The van der Waals surface area contributed by atoms with E-state index in [1.54, 1.807) is 0 Å². The second kappa shape index (κ2) is 6.10. The number of hydrogen-bond donors (Lipinski definition) is 1. The number of carbonyl (C=O) groups is 2. The van der Waals surface area contributed by atoms with Crippen molar-refractivity contribution in [1.29, 1.82) is 0 Å². The number of hydrogen-bond acceptors (Lipinski definition) is 5. The lowest BCUT2D eigenvalue weighted by Gasteiger charge is -2.14. The van der Waals surface area contributed by atoms with Gasteiger partial charge in [0.15, 0.2) is 0 Å². The number of amides is 2. The summed E-state index contributed by atoms with van der Waals surface area (Å²) in [5.74, 6) is -0.0654. The van der Waals surface area contributed by atoms with Gasteiger partial charge in [-0.1, -0.05) is 11.3 Å². The second-order valence-corrected chi connectivity index (χ2v) is 5.51. The van der Waals surface area contributed by atoms with E-state index in [1.165, 1.54) is 0 Å². The summed E-state index contributed by atoms with van der Waals surface area (Å²) in [6, 6.07) is 0. The van der Waals surface area contributed by atoms with Crippen molar-refractivity contribution in [3.8, 4) is 0 Å². The predicted molar refractivity (Wildman–Crippen MR) is 67.7 cm³/mol. The molecule has 0 aliphatic carbocycles. The maximum atomic E-state index is 11.6. The third-order valence-corrected chi connectivity index (χ3v) is 3.67. The lowest BCUT2D eigenvalue weighted by molar-refractivity contribution is -0.127. The number of aromatic nitrogens is 2. The van der Waals surface area contributed by atoms with Gasteiger partial charge in [-0.05, 0) is 24.4 Å². The van der Waals surface area contributed by atoms with Crippen molar-refractivity contribution >= 4 is 34.8 Å². The Hall–Kier alpha value is -1.21. The summed E-state index contributed by atoms with van der Waals surface area (Å²) >= 11 is 6.63. The second-order valence-electron chi connectivity index (χ2n) is 3.95. The van der Waals surface area contributed by atoms with E-state index in [2.05, 4.69) is 15.5 Å². The normalized spacial score (nSPS) is 15.2. The molecule has 0 spiro atoms. The quantitative estimate of drug-likeness (QED) is 0.818. The summed E-state index contributed by atoms with van der Waals surface area (Å²) in [7, 11) is 0. The summed E-state index contributed by atoms with van der Waals surface area (Å²) in [5.41, 5.74) is 0. The number of halogens is 1. The molecule has 1 N–H and O–H groups in total. The van der Waals surface area contributed by atoms with E-state index < -0.39 is 0 Å². The highest BCUT2D eigenvalue weighted by Crippen LogP contribution is 2.14. The van der Waals surface area contributed by atoms with Gasteiger partial charge in [0.2, 0.25) is 15.4 Å². The molecule has 0 saturated carbocycles. The van der Waals surface area contributed by atoms with Crippen LogP contribution in [0.1, 0.15) is 29.1 Å². The lowest BCUT2D eigenvalue weighted by Crippen LogP contribution is -2.30. The zero-order valence-corrected chi connectivity index (χ0v) is 11.3. The van der Waals surface area contributed by atoms with Gasteiger partial charge in [0.05, 0.1) is 0 Å².